The van der Waals surface area contributed by atoms with E-state index in [2.05, 4.69) is 10.1 Å². The molecule has 0 saturated carbocycles. The highest BCUT2D eigenvalue weighted by Gasteiger charge is 2.26. The predicted molar refractivity (Wildman–Crippen MR) is 50.7 cm³/mol. The van der Waals surface area contributed by atoms with Crippen LogP contribution >= 0.6 is 0 Å². The molecule has 1 amide bonds. The minimum absolute atomic E-state index is 0.0176. The first-order chi connectivity index (χ1) is 7.58. The number of halogens is 2. The molecule has 1 N–H and O–H groups in total. The van der Waals surface area contributed by atoms with Gasteiger partial charge in [0.15, 0.2) is 5.78 Å². The Labute approximate surface area is 89.2 Å². The van der Waals surface area contributed by atoms with Gasteiger partial charge in [-0.2, -0.15) is 8.78 Å². The lowest BCUT2D eigenvalue weighted by Crippen LogP contribution is -2.24. The van der Waals surface area contributed by atoms with Crippen molar-refractivity contribution >= 4 is 17.4 Å². The monoisotopic (exact) mass is 227 g/mol. The number of benzene rings is 1. The summed E-state index contributed by atoms with van der Waals surface area (Å²) in [5.41, 5.74) is 0.210. The molecule has 1 aliphatic rings. The van der Waals surface area contributed by atoms with Crippen molar-refractivity contribution in [1.29, 1.82) is 0 Å². The molecule has 1 aliphatic heterocycles. The van der Waals surface area contributed by atoms with Crippen molar-refractivity contribution in [3.63, 3.8) is 0 Å². The Bertz CT molecular complexity index is 459. The molecule has 0 bridgehead atoms. The standard InChI is InChI=1S/C10H7F2NO3/c11-10(12)16-7-3-1-2-5-6(14)4-8(15)13-9(5)7/h1-3,10H,4H2,(H,13,15). The zero-order valence-corrected chi connectivity index (χ0v) is 8.00. The molecule has 0 fully saturated rings. The van der Waals surface area contributed by atoms with Crippen LogP contribution in [0.3, 0.4) is 0 Å². The summed E-state index contributed by atoms with van der Waals surface area (Å²) in [4.78, 5) is 22.5. The summed E-state index contributed by atoms with van der Waals surface area (Å²) in [6.45, 7) is -3.00. The molecular weight excluding hydrogens is 220 g/mol. The highest BCUT2D eigenvalue weighted by Crippen LogP contribution is 2.33. The minimum Gasteiger partial charge on any atom is -0.433 e. The molecule has 4 nitrogen and oxygen atoms in total. The Morgan fingerprint density at radius 2 is 2.06 bits per heavy atom. The molecule has 1 heterocycles. The minimum atomic E-state index is -3.00. The van der Waals surface area contributed by atoms with E-state index in [1.165, 1.54) is 18.2 Å². The number of nitrogens with one attached hydrogen (secondary N) is 1. The number of hydrogen-bond acceptors (Lipinski definition) is 3. The third kappa shape index (κ3) is 1.86. The van der Waals surface area contributed by atoms with E-state index in [0.29, 0.717) is 0 Å². The Hall–Kier alpha value is -1.98. The van der Waals surface area contributed by atoms with Crippen LogP contribution < -0.4 is 10.1 Å². The van der Waals surface area contributed by atoms with Gasteiger partial charge >= 0.3 is 6.61 Å². The van der Waals surface area contributed by atoms with Gasteiger partial charge in [-0.3, -0.25) is 9.59 Å². The van der Waals surface area contributed by atoms with Crippen LogP contribution in [0.25, 0.3) is 0 Å². The lowest BCUT2D eigenvalue weighted by atomic mass is 10.0. The molecular formula is C10H7F2NO3. The number of amides is 1. The van der Waals surface area contributed by atoms with Crippen LogP contribution in [0, 0.1) is 0 Å². The number of ketones is 1. The van der Waals surface area contributed by atoms with Crippen LogP contribution in [-0.2, 0) is 4.79 Å². The third-order valence-electron chi connectivity index (χ3n) is 2.13. The number of Topliss-reactive ketones (excluding diaryl/α,β-unsaturated/α-hetero) is 1. The van der Waals surface area contributed by atoms with E-state index in [9.17, 15) is 18.4 Å². The van der Waals surface area contributed by atoms with Crippen LogP contribution in [0.4, 0.5) is 14.5 Å². The van der Waals surface area contributed by atoms with Crippen molar-refractivity contribution in [2.45, 2.75) is 13.0 Å². The normalized spacial score (nSPS) is 14.7. The van der Waals surface area contributed by atoms with E-state index >= 15 is 0 Å². The molecule has 1 aromatic carbocycles. The van der Waals surface area contributed by atoms with E-state index in [1.807, 2.05) is 0 Å². The summed E-state index contributed by atoms with van der Waals surface area (Å²) >= 11 is 0. The predicted octanol–water partition coefficient (Wildman–Crippen LogP) is 1.81. The van der Waals surface area contributed by atoms with Crippen LogP contribution in [-0.4, -0.2) is 18.3 Å². The molecule has 0 radical (unpaired) electrons. The van der Waals surface area contributed by atoms with Gasteiger partial charge in [0.05, 0.1) is 12.1 Å². The fourth-order valence-corrected chi connectivity index (χ4v) is 1.51. The van der Waals surface area contributed by atoms with E-state index < -0.39 is 18.3 Å². The van der Waals surface area contributed by atoms with E-state index in [4.69, 9.17) is 0 Å². The summed E-state index contributed by atoms with van der Waals surface area (Å²) < 4.78 is 28.3. The lowest BCUT2D eigenvalue weighted by Gasteiger charge is -2.18. The second-order valence-electron chi connectivity index (χ2n) is 3.21. The molecule has 0 saturated heterocycles. The zero-order valence-electron chi connectivity index (χ0n) is 8.00. The number of anilines is 1. The second kappa shape index (κ2) is 3.88. The Morgan fingerprint density at radius 3 is 2.75 bits per heavy atom. The molecule has 84 valence electrons. The maximum absolute atomic E-state index is 12.1. The number of hydrogen-bond donors (Lipinski definition) is 1. The van der Waals surface area contributed by atoms with Gasteiger partial charge < -0.3 is 10.1 Å². The van der Waals surface area contributed by atoms with E-state index in [-0.39, 0.29) is 23.4 Å². The average Bonchev–Trinajstić information content (AvgIpc) is 2.18. The summed E-state index contributed by atoms with van der Waals surface area (Å²) in [7, 11) is 0. The Morgan fingerprint density at radius 1 is 1.31 bits per heavy atom. The molecule has 0 aliphatic carbocycles. The number of ether oxygens (including phenoxy) is 1. The summed E-state index contributed by atoms with van der Waals surface area (Å²) in [6.07, 6.45) is -0.273. The highest BCUT2D eigenvalue weighted by molar-refractivity contribution is 6.19. The molecule has 1 aromatic rings. The van der Waals surface area contributed by atoms with Gasteiger partial charge in [0.25, 0.3) is 0 Å². The largest absolute Gasteiger partial charge is 0.433 e. The summed E-state index contributed by atoms with van der Waals surface area (Å²) in [5, 5.41) is 2.35. The molecule has 0 unspecified atom stereocenters. The van der Waals surface area contributed by atoms with Crippen molar-refractivity contribution in [2.75, 3.05) is 5.32 Å². The molecule has 6 heteroatoms. The maximum Gasteiger partial charge on any atom is 0.387 e. The molecule has 0 spiro atoms. The van der Waals surface area contributed by atoms with Crippen LogP contribution in [0.15, 0.2) is 18.2 Å². The van der Waals surface area contributed by atoms with Crippen LogP contribution in [0.2, 0.25) is 0 Å². The van der Waals surface area contributed by atoms with Gasteiger partial charge in [-0.15, -0.1) is 0 Å². The third-order valence-corrected chi connectivity index (χ3v) is 2.13. The average molecular weight is 227 g/mol. The number of fused-ring (bicyclic) bond motifs is 1. The molecule has 2 rings (SSSR count). The topological polar surface area (TPSA) is 55.4 Å². The van der Waals surface area contributed by atoms with Crippen molar-refractivity contribution in [1.82, 2.24) is 0 Å². The number of alkyl halides is 2. The van der Waals surface area contributed by atoms with Gasteiger partial charge in [-0.1, -0.05) is 6.07 Å². The number of carbonyl (C=O) groups is 2. The Balaban J connectivity index is 2.45. The Kier molecular flexibility index (Phi) is 2.55. The molecule has 0 aromatic heterocycles. The van der Waals surface area contributed by atoms with Gasteiger partial charge in [0.1, 0.15) is 5.75 Å². The molecule has 0 atom stereocenters. The van der Waals surface area contributed by atoms with Gasteiger partial charge in [0.2, 0.25) is 5.91 Å². The van der Waals surface area contributed by atoms with E-state index in [0.717, 1.165) is 0 Å². The first-order valence-electron chi connectivity index (χ1n) is 4.49. The summed E-state index contributed by atoms with van der Waals surface area (Å²) in [6, 6.07) is 4.14. The highest BCUT2D eigenvalue weighted by atomic mass is 19.3. The SMILES string of the molecule is O=C1CC(=O)c2cccc(OC(F)F)c2N1. The van der Waals surface area contributed by atoms with Crippen LogP contribution in [0.5, 0.6) is 5.75 Å². The van der Waals surface area contributed by atoms with Crippen molar-refractivity contribution < 1.29 is 23.1 Å². The first-order valence-corrected chi connectivity index (χ1v) is 4.49. The second-order valence-corrected chi connectivity index (χ2v) is 3.21. The quantitative estimate of drug-likeness (QED) is 0.784. The van der Waals surface area contributed by atoms with Gasteiger partial charge in [-0.25, -0.2) is 0 Å². The number of para-hydroxylation sites is 1. The lowest BCUT2D eigenvalue weighted by molar-refractivity contribution is -0.115. The summed E-state index contributed by atoms with van der Waals surface area (Å²) in [5.74, 6) is -1.13. The fourth-order valence-electron chi connectivity index (χ4n) is 1.51. The number of rotatable bonds is 2. The van der Waals surface area contributed by atoms with Crippen molar-refractivity contribution in [3.05, 3.63) is 23.8 Å². The van der Waals surface area contributed by atoms with Crippen molar-refractivity contribution in [2.24, 2.45) is 0 Å². The smallest absolute Gasteiger partial charge is 0.387 e. The fraction of sp³-hybridized carbons (Fsp3) is 0.200. The molecule has 16 heavy (non-hydrogen) atoms. The van der Waals surface area contributed by atoms with Gasteiger partial charge in [0, 0.05) is 5.56 Å². The maximum atomic E-state index is 12.1. The van der Waals surface area contributed by atoms with Crippen molar-refractivity contribution in [3.8, 4) is 5.75 Å². The zero-order chi connectivity index (χ0) is 11.7. The van der Waals surface area contributed by atoms with Gasteiger partial charge in [-0.05, 0) is 12.1 Å². The number of carbonyl (C=O) groups excluding carboxylic acids is 2. The first kappa shape index (κ1) is 10.5. The van der Waals surface area contributed by atoms with E-state index in [1.54, 1.807) is 0 Å². The van der Waals surface area contributed by atoms with Crippen LogP contribution in [0.1, 0.15) is 16.8 Å².